The number of unbranched alkanes of at least 4 members (excludes halogenated alkanes) is 11. The van der Waals surface area contributed by atoms with Gasteiger partial charge in [0.15, 0.2) is 23.9 Å². The van der Waals surface area contributed by atoms with Gasteiger partial charge in [0.05, 0.1) is 27.4 Å². The zero-order chi connectivity index (χ0) is 29.9. The number of nitrogens with zero attached hydrogens (tertiary/aromatic N) is 2. The lowest BCUT2D eigenvalue weighted by Crippen LogP contribution is -3.00. The lowest BCUT2D eigenvalue weighted by atomic mass is 10.1. The summed E-state index contributed by atoms with van der Waals surface area (Å²) in [7, 11) is 5.04. The van der Waals surface area contributed by atoms with Crippen LogP contribution in [0.15, 0.2) is 36.7 Å². The Labute approximate surface area is 270 Å². The molecule has 2 amide bonds. The first-order chi connectivity index (χ1) is 19.9. The zero-order valence-corrected chi connectivity index (χ0v) is 28.5. The van der Waals surface area contributed by atoms with Crippen LogP contribution < -0.4 is 42.8 Å². The van der Waals surface area contributed by atoms with Crippen LogP contribution in [0.25, 0.3) is 0 Å². The van der Waals surface area contributed by atoms with Gasteiger partial charge >= 0.3 is 6.09 Å². The average Bonchev–Trinajstić information content (AvgIpc) is 2.97. The van der Waals surface area contributed by atoms with E-state index >= 15 is 0 Å². The number of aromatic nitrogens is 1. The molecule has 0 fully saturated rings. The first kappa shape index (κ1) is 37.5. The van der Waals surface area contributed by atoms with Gasteiger partial charge in [-0.1, -0.05) is 77.6 Å². The highest BCUT2D eigenvalue weighted by molar-refractivity contribution is 5.90. The standard InChI is InChI=1S/C33H51N2O6.HI/c1-6-7-8-9-10-11-12-13-14-15-16-17-22-40-32-30(38-4)23-29(24-31(32)39-5)26-41-33(37)35(27(2)36)25-28-18-20-34(3)21-19-28;/h18-21,23-24H,6-17,22,25-26H2,1-5H3;1H/q+1;/p-1. The number of carbonyl (C=O) groups is 2. The summed E-state index contributed by atoms with van der Waals surface area (Å²) < 4.78 is 24.5. The van der Waals surface area contributed by atoms with E-state index in [2.05, 4.69) is 6.92 Å². The SMILES string of the molecule is CCCCCCCCCCCCCCOc1c(OC)cc(COC(=O)N(Cc2cc[n+](C)cc2)C(C)=O)cc1OC.[I-]. The Bertz CT molecular complexity index is 1020. The Morgan fingerprint density at radius 3 is 1.76 bits per heavy atom. The molecule has 2 aromatic rings. The molecule has 2 rings (SSSR count). The molecular formula is C33H51IN2O6. The molecule has 0 saturated carbocycles. The number of ether oxygens (including phenoxy) is 4. The summed E-state index contributed by atoms with van der Waals surface area (Å²) in [4.78, 5) is 26.0. The Morgan fingerprint density at radius 1 is 0.786 bits per heavy atom. The van der Waals surface area contributed by atoms with E-state index in [0.29, 0.717) is 29.4 Å². The van der Waals surface area contributed by atoms with Crippen molar-refractivity contribution in [2.24, 2.45) is 7.05 Å². The molecule has 0 atom stereocenters. The number of hydrogen-bond donors (Lipinski definition) is 0. The van der Waals surface area contributed by atoms with Crippen molar-refractivity contribution in [3.63, 3.8) is 0 Å². The number of pyridine rings is 1. The van der Waals surface area contributed by atoms with Crippen molar-refractivity contribution in [1.82, 2.24) is 4.90 Å². The van der Waals surface area contributed by atoms with Crippen LogP contribution in [0.1, 0.15) is 102 Å². The van der Waals surface area contributed by atoms with Crippen LogP contribution in [0, 0.1) is 0 Å². The van der Waals surface area contributed by atoms with E-state index in [1.54, 1.807) is 26.4 Å². The Morgan fingerprint density at radius 2 is 1.29 bits per heavy atom. The smallest absolute Gasteiger partial charge is 0.417 e. The van der Waals surface area contributed by atoms with Crippen LogP contribution in [0.4, 0.5) is 4.79 Å². The number of rotatable bonds is 20. The van der Waals surface area contributed by atoms with Crippen molar-refractivity contribution in [2.75, 3.05) is 20.8 Å². The fourth-order valence-electron chi connectivity index (χ4n) is 4.62. The number of carbonyl (C=O) groups excluding carboxylic acids is 2. The lowest BCUT2D eigenvalue weighted by Gasteiger charge is -2.19. The van der Waals surface area contributed by atoms with E-state index < -0.39 is 6.09 Å². The average molecular weight is 699 g/mol. The maximum Gasteiger partial charge on any atom is 0.417 e. The van der Waals surface area contributed by atoms with E-state index in [0.717, 1.165) is 23.3 Å². The first-order valence-electron chi connectivity index (χ1n) is 15.2. The Hall–Kier alpha value is -2.56. The van der Waals surface area contributed by atoms with Gasteiger partial charge < -0.3 is 42.9 Å². The molecule has 0 radical (unpaired) electrons. The van der Waals surface area contributed by atoms with Crippen molar-refractivity contribution in [2.45, 2.75) is 104 Å². The first-order valence-corrected chi connectivity index (χ1v) is 15.2. The van der Waals surface area contributed by atoms with E-state index in [9.17, 15) is 9.59 Å². The highest BCUT2D eigenvalue weighted by atomic mass is 127. The molecule has 0 bridgehead atoms. The topological polar surface area (TPSA) is 78.2 Å². The minimum Gasteiger partial charge on any atom is -1.00 e. The van der Waals surface area contributed by atoms with Gasteiger partial charge in [-0.2, -0.15) is 0 Å². The maximum absolute atomic E-state index is 12.7. The van der Waals surface area contributed by atoms with Crippen LogP contribution in [-0.2, 0) is 29.7 Å². The van der Waals surface area contributed by atoms with E-state index in [1.165, 1.54) is 71.1 Å². The predicted octanol–water partition coefficient (Wildman–Crippen LogP) is 4.30. The third-order valence-corrected chi connectivity index (χ3v) is 7.12. The third kappa shape index (κ3) is 14.1. The van der Waals surface area contributed by atoms with Crippen LogP contribution in [0.5, 0.6) is 17.2 Å². The second-order valence-electron chi connectivity index (χ2n) is 10.6. The third-order valence-electron chi connectivity index (χ3n) is 7.12. The van der Waals surface area contributed by atoms with E-state index in [4.69, 9.17) is 18.9 Å². The fourth-order valence-corrected chi connectivity index (χ4v) is 4.62. The van der Waals surface area contributed by atoms with Gasteiger partial charge in [-0.3, -0.25) is 4.79 Å². The van der Waals surface area contributed by atoms with Crippen molar-refractivity contribution in [1.29, 1.82) is 0 Å². The number of hydrogen-bond acceptors (Lipinski definition) is 6. The molecule has 0 aliphatic heterocycles. The van der Waals surface area contributed by atoms with Gasteiger partial charge in [-0.15, -0.1) is 0 Å². The van der Waals surface area contributed by atoms with Gasteiger partial charge in [0.2, 0.25) is 11.7 Å². The van der Waals surface area contributed by atoms with Crippen LogP contribution in [-0.4, -0.2) is 37.7 Å². The highest BCUT2D eigenvalue weighted by Gasteiger charge is 2.21. The highest BCUT2D eigenvalue weighted by Crippen LogP contribution is 2.39. The van der Waals surface area contributed by atoms with Crippen LogP contribution in [0.2, 0.25) is 0 Å². The van der Waals surface area contributed by atoms with Crippen molar-refractivity contribution >= 4 is 12.0 Å². The molecule has 236 valence electrons. The number of amides is 2. The molecule has 1 aromatic heterocycles. The summed E-state index contributed by atoms with van der Waals surface area (Å²) in [6.45, 7) is 4.27. The summed E-state index contributed by atoms with van der Waals surface area (Å²) in [6.07, 6.45) is 18.5. The molecule has 1 heterocycles. The minimum atomic E-state index is -0.712. The summed E-state index contributed by atoms with van der Waals surface area (Å²) in [5.74, 6) is 1.17. The predicted molar refractivity (Wildman–Crippen MR) is 160 cm³/mol. The molecule has 42 heavy (non-hydrogen) atoms. The lowest BCUT2D eigenvalue weighted by molar-refractivity contribution is -0.671. The second-order valence-corrected chi connectivity index (χ2v) is 10.6. The van der Waals surface area contributed by atoms with Crippen LogP contribution in [0.3, 0.4) is 0 Å². The second kappa shape index (κ2) is 22.0. The van der Waals surface area contributed by atoms with Gasteiger partial charge in [-0.05, 0) is 29.7 Å². The minimum absolute atomic E-state index is 0. The monoisotopic (exact) mass is 698 g/mol. The van der Waals surface area contributed by atoms with Gasteiger partial charge in [0, 0.05) is 19.1 Å². The normalized spacial score (nSPS) is 10.5. The summed E-state index contributed by atoms with van der Waals surface area (Å²) in [6, 6.07) is 7.25. The molecule has 0 unspecified atom stereocenters. The Balaban J connectivity index is 0.00000882. The zero-order valence-electron chi connectivity index (χ0n) is 26.3. The number of benzene rings is 1. The molecule has 0 N–H and O–H groups in total. The largest absolute Gasteiger partial charge is 1.00 e. The van der Waals surface area contributed by atoms with Gasteiger partial charge in [-0.25, -0.2) is 14.3 Å². The number of aryl methyl sites for hydroxylation is 1. The number of halogens is 1. The molecule has 0 aliphatic carbocycles. The quantitative estimate of drug-likeness (QED) is 0.117. The molecule has 8 nitrogen and oxygen atoms in total. The summed E-state index contributed by atoms with van der Waals surface area (Å²) in [5, 5.41) is 0. The van der Waals surface area contributed by atoms with Crippen molar-refractivity contribution in [3.05, 3.63) is 47.8 Å². The van der Waals surface area contributed by atoms with E-state index in [1.807, 2.05) is 36.1 Å². The fraction of sp³-hybridized carbons (Fsp3) is 0.606. The molecule has 1 aromatic carbocycles. The summed E-state index contributed by atoms with van der Waals surface area (Å²) in [5.41, 5.74) is 1.49. The van der Waals surface area contributed by atoms with Gasteiger partial charge in [0.1, 0.15) is 13.7 Å². The molecule has 0 saturated heterocycles. The van der Waals surface area contributed by atoms with Crippen molar-refractivity contribution < 1.29 is 57.1 Å². The molecule has 0 spiro atoms. The molecule has 9 heteroatoms. The summed E-state index contributed by atoms with van der Waals surface area (Å²) >= 11 is 0. The molecule has 0 aliphatic rings. The van der Waals surface area contributed by atoms with E-state index in [-0.39, 0.29) is 43.0 Å². The number of imide groups is 1. The van der Waals surface area contributed by atoms with Crippen molar-refractivity contribution in [3.8, 4) is 17.2 Å². The maximum atomic E-state index is 12.7. The number of methoxy groups -OCH3 is 2. The van der Waals surface area contributed by atoms with Crippen LogP contribution >= 0.6 is 0 Å². The Kier molecular flexibility index (Phi) is 19.7. The van der Waals surface area contributed by atoms with Gasteiger partial charge in [0.25, 0.3) is 0 Å². The molecular weight excluding hydrogens is 647 g/mol.